The van der Waals surface area contributed by atoms with Gasteiger partial charge in [-0.15, -0.1) is 0 Å². The third-order valence-corrected chi connectivity index (χ3v) is 3.92. The van der Waals surface area contributed by atoms with E-state index in [0.717, 1.165) is 22.6 Å². The molecule has 0 unspecified atom stereocenters. The number of hydrogen-bond donors (Lipinski definition) is 1. The van der Waals surface area contributed by atoms with Crippen molar-refractivity contribution in [3.8, 4) is 17.1 Å². The molecule has 0 spiro atoms. The number of carbonyl (C=O) groups excluding carboxylic acids is 1. The first-order chi connectivity index (χ1) is 12.6. The van der Waals surface area contributed by atoms with E-state index < -0.39 is 0 Å². The van der Waals surface area contributed by atoms with E-state index in [1.54, 1.807) is 14.2 Å². The van der Waals surface area contributed by atoms with Crippen molar-refractivity contribution in [1.29, 1.82) is 0 Å². The van der Waals surface area contributed by atoms with E-state index >= 15 is 0 Å². The zero-order valence-corrected chi connectivity index (χ0v) is 14.9. The molecule has 3 aromatic rings. The number of benzene rings is 2. The second-order valence-electron chi connectivity index (χ2n) is 5.84. The molecule has 26 heavy (non-hydrogen) atoms. The lowest BCUT2D eigenvalue weighted by molar-refractivity contribution is 0.213. The Balaban J connectivity index is 1.64. The molecule has 2 amide bonds. The van der Waals surface area contributed by atoms with Gasteiger partial charge in [0, 0.05) is 18.3 Å². The largest absolute Gasteiger partial charge is 0.497 e. The second-order valence-corrected chi connectivity index (χ2v) is 5.84. The Kier molecular flexibility index (Phi) is 5.17. The number of amides is 2. The minimum Gasteiger partial charge on any atom is -0.497 e. The van der Waals surface area contributed by atoms with Crippen molar-refractivity contribution in [3.63, 3.8) is 0 Å². The Labute approximate surface area is 151 Å². The summed E-state index contributed by atoms with van der Waals surface area (Å²) in [6.45, 7) is 2.15. The van der Waals surface area contributed by atoms with Crippen LogP contribution in [-0.4, -0.2) is 35.2 Å². The van der Waals surface area contributed by atoms with Crippen LogP contribution < -0.4 is 10.1 Å². The highest BCUT2D eigenvalue weighted by Gasteiger charge is 2.15. The van der Waals surface area contributed by atoms with Crippen LogP contribution in [0.15, 0.2) is 53.1 Å². The van der Waals surface area contributed by atoms with E-state index in [2.05, 4.69) is 15.5 Å². The normalized spacial score (nSPS) is 10.4. The van der Waals surface area contributed by atoms with Gasteiger partial charge in [-0.1, -0.05) is 23.4 Å². The van der Waals surface area contributed by atoms with E-state index in [0.29, 0.717) is 11.7 Å². The van der Waals surface area contributed by atoms with E-state index in [1.807, 2.05) is 55.5 Å². The quantitative estimate of drug-likeness (QED) is 0.757. The van der Waals surface area contributed by atoms with Gasteiger partial charge in [0.1, 0.15) is 12.3 Å². The molecule has 0 fully saturated rings. The van der Waals surface area contributed by atoms with Gasteiger partial charge in [0.25, 0.3) is 0 Å². The summed E-state index contributed by atoms with van der Waals surface area (Å²) < 4.78 is 10.4. The van der Waals surface area contributed by atoms with Gasteiger partial charge in [-0.05, 0) is 42.8 Å². The van der Waals surface area contributed by atoms with Gasteiger partial charge in [-0.2, -0.15) is 4.98 Å². The Morgan fingerprint density at radius 2 is 1.92 bits per heavy atom. The molecule has 0 aliphatic heterocycles. The Hall–Kier alpha value is -3.35. The molecule has 0 aliphatic carbocycles. The zero-order chi connectivity index (χ0) is 18.5. The first kappa shape index (κ1) is 17.5. The molecule has 2 aromatic carbocycles. The van der Waals surface area contributed by atoms with Crippen LogP contribution in [0.25, 0.3) is 11.4 Å². The number of aromatic nitrogens is 2. The third kappa shape index (κ3) is 4.00. The molecule has 7 heteroatoms. The first-order valence-corrected chi connectivity index (χ1v) is 8.11. The van der Waals surface area contributed by atoms with E-state index in [1.165, 1.54) is 4.90 Å². The van der Waals surface area contributed by atoms with Gasteiger partial charge in [0.2, 0.25) is 11.7 Å². The molecule has 7 nitrogen and oxygen atoms in total. The van der Waals surface area contributed by atoms with Crippen molar-refractivity contribution in [2.24, 2.45) is 0 Å². The number of nitrogens with one attached hydrogen (secondary N) is 1. The van der Waals surface area contributed by atoms with Crippen LogP contribution in [-0.2, 0) is 6.54 Å². The first-order valence-electron chi connectivity index (χ1n) is 8.11. The maximum Gasteiger partial charge on any atom is 0.322 e. The molecule has 0 aliphatic rings. The zero-order valence-electron chi connectivity index (χ0n) is 14.9. The fourth-order valence-corrected chi connectivity index (χ4v) is 2.37. The van der Waals surface area contributed by atoms with Crippen LogP contribution in [0.1, 0.15) is 11.5 Å². The van der Waals surface area contributed by atoms with Crippen molar-refractivity contribution in [3.05, 3.63) is 60.0 Å². The SMILES string of the molecule is COc1ccc(-c2noc(CN(C)C(=O)Nc3ccccc3C)n2)cc1. The maximum absolute atomic E-state index is 12.3. The maximum atomic E-state index is 12.3. The minimum absolute atomic E-state index is 0.209. The smallest absolute Gasteiger partial charge is 0.322 e. The van der Waals surface area contributed by atoms with E-state index in [4.69, 9.17) is 9.26 Å². The van der Waals surface area contributed by atoms with Crippen molar-refractivity contribution < 1.29 is 14.1 Å². The lowest BCUT2D eigenvalue weighted by Gasteiger charge is -2.16. The van der Waals surface area contributed by atoms with Crippen LogP contribution in [0.3, 0.4) is 0 Å². The number of methoxy groups -OCH3 is 1. The number of ether oxygens (including phenoxy) is 1. The molecule has 1 heterocycles. The number of aryl methyl sites for hydroxylation is 1. The number of anilines is 1. The molecule has 1 N–H and O–H groups in total. The molecule has 0 atom stereocenters. The lowest BCUT2D eigenvalue weighted by Crippen LogP contribution is -2.31. The predicted molar refractivity (Wildman–Crippen MR) is 98.0 cm³/mol. The van der Waals surface area contributed by atoms with Crippen molar-refractivity contribution in [2.45, 2.75) is 13.5 Å². The summed E-state index contributed by atoms with van der Waals surface area (Å²) >= 11 is 0. The number of nitrogens with zero attached hydrogens (tertiary/aromatic N) is 3. The number of rotatable bonds is 5. The van der Waals surface area contributed by atoms with Gasteiger partial charge >= 0.3 is 6.03 Å². The topological polar surface area (TPSA) is 80.5 Å². The molecule has 0 bridgehead atoms. The van der Waals surface area contributed by atoms with Crippen LogP contribution in [0, 0.1) is 6.92 Å². The molecule has 1 aromatic heterocycles. The lowest BCUT2D eigenvalue weighted by atomic mass is 10.2. The fraction of sp³-hybridized carbons (Fsp3) is 0.211. The summed E-state index contributed by atoms with van der Waals surface area (Å²) in [5.41, 5.74) is 2.58. The van der Waals surface area contributed by atoms with Gasteiger partial charge in [0.15, 0.2) is 0 Å². The standard InChI is InChI=1S/C19H20N4O3/c1-13-6-4-5-7-16(13)20-19(24)23(2)12-17-21-18(22-26-17)14-8-10-15(25-3)11-9-14/h4-11H,12H2,1-3H3,(H,20,24). The van der Waals surface area contributed by atoms with Crippen LogP contribution in [0.2, 0.25) is 0 Å². The van der Waals surface area contributed by atoms with Gasteiger partial charge in [0.05, 0.1) is 7.11 Å². The van der Waals surface area contributed by atoms with Crippen LogP contribution in [0.4, 0.5) is 10.5 Å². The Morgan fingerprint density at radius 3 is 2.62 bits per heavy atom. The minimum atomic E-state index is -0.247. The molecular weight excluding hydrogens is 332 g/mol. The van der Waals surface area contributed by atoms with E-state index in [-0.39, 0.29) is 12.6 Å². The summed E-state index contributed by atoms with van der Waals surface area (Å²) in [5, 5.41) is 6.83. The molecule has 0 saturated heterocycles. The highest BCUT2D eigenvalue weighted by atomic mass is 16.5. The van der Waals surface area contributed by atoms with Crippen molar-refractivity contribution in [2.75, 3.05) is 19.5 Å². The van der Waals surface area contributed by atoms with Gasteiger partial charge in [-0.25, -0.2) is 4.79 Å². The second kappa shape index (κ2) is 7.69. The average molecular weight is 352 g/mol. The fourth-order valence-electron chi connectivity index (χ4n) is 2.37. The summed E-state index contributed by atoms with van der Waals surface area (Å²) in [4.78, 5) is 18.2. The molecule has 134 valence electrons. The van der Waals surface area contributed by atoms with Crippen molar-refractivity contribution >= 4 is 11.7 Å². The predicted octanol–water partition coefficient (Wildman–Crippen LogP) is 3.72. The third-order valence-electron chi connectivity index (χ3n) is 3.92. The molecule has 0 radical (unpaired) electrons. The Bertz CT molecular complexity index is 890. The van der Waals surface area contributed by atoms with Gasteiger partial charge in [-0.3, -0.25) is 0 Å². The highest BCUT2D eigenvalue weighted by molar-refractivity contribution is 5.89. The number of para-hydroxylation sites is 1. The highest BCUT2D eigenvalue weighted by Crippen LogP contribution is 2.20. The van der Waals surface area contributed by atoms with Crippen molar-refractivity contribution in [1.82, 2.24) is 15.0 Å². The number of hydrogen-bond acceptors (Lipinski definition) is 5. The van der Waals surface area contributed by atoms with Crippen LogP contribution >= 0.6 is 0 Å². The molecule has 0 saturated carbocycles. The molecular formula is C19H20N4O3. The average Bonchev–Trinajstić information content (AvgIpc) is 3.12. The molecule has 3 rings (SSSR count). The summed E-state index contributed by atoms with van der Waals surface area (Å²) in [6, 6.07) is 14.7. The number of urea groups is 1. The Morgan fingerprint density at radius 1 is 1.19 bits per heavy atom. The summed E-state index contributed by atoms with van der Waals surface area (Å²) in [6.07, 6.45) is 0. The van der Waals surface area contributed by atoms with E-state index in [9.17, 15) is 4.79 Å². The number of carbonyl (C=O) groups is 1. The summed E-state index contributed by atoms with van der Waals surface area (Å²) in [7, 11) is 3.28. The monoisotopic (exact) mass is 352 g/mol. The summed E-state index contributed by atoms with van der Waals surface area (Å²) in [5.74, 6) is 1.58. The van der Waals surface area contributed by atoms with Crippen LogP contribution in [0.5, 0.6) is 5.75 Å². The van der Waals surface area contributed by atoms with Gasteiger partial charge < -0.3 is 19.5 Å².